The minimum atomic E-state index is 0.470. The molecule has 2 nitrogen and oxygen atoms in total. The smallest absolute Gasteiger partial charge is 0.0168 e. The molecule has 3 saturated carbocycles. The van der Waals surface area contributed by atoms with Gasteiger partial charge in [-0.2, -0.15) is 0 Å². The Balaban J connectivity index is 1.48. The minimum Gasteiger partial charge on any atom is -0.327 e. The lowest BCUT2D eigenvalue weighted by Gasteiger charge is -2.32. The molecule has 0 amide bonds. The third-order valence-electron chi connectivity index (χ3n) is 5.61. The fourth-order valence-corrected chi connectivity index (χ4v) is 5.08. The topological polar surface area (TPSA) is 29.3 Å². The van der Waals surface area contributed by atoms with Gasteiger partial charge in [-0.3, -0.25) is 4.90 Å². The molecule has 0 aromatic heterocycles. The van der Waals surface area contributed by atoms with Crippen LogP contribution < -0.4 is 5.73 Å². The van der Waals surface area contributed by atoms with Crippen LogP contribution in [0.4, 0.5) is 0 Å². The van der Waals surface area contributed by atoms with Gasteiger partial charge < -0.3 is 5.73 Å². The number of nitrogens with zero attached hydrogens (tertiary/aromatic N) is 1. The third-order valence-corrected chi connectivity index (χ3v) is 5.61. The standard InChI is InChI=1S/C13H22N2/c14-10-2-1-5-15(7-10)13-11-8-3-4-9(6-8)12(11)13/h8-13H,1-7,14H2. The Labute approximate surface area is 92.2 Å². The van der Waals surface area contributed by atoms with Crippen LogP contribution in [0.1, 0.15) is 32.1 Å². The second-order valence-electron chi connectivity index (χ2n) is 6.38. The second-order valence-corrected chi connectivity index (χ2v) is 6.38. The number of hydrogen-bond donors (Lipinski definition) is 1. The van der Waals surface area contributed by atoms with Crippen molar-refractivity contribution < 1.29 is 0 Å². The predicted molar refractivity (Wildman–Crippen MR) is 60.4 cm³/mol. The van der Waals surface area contributed by atoms with Crippen LogP contribution in [0.3, 0.4) is 0 Å². The van der Waals surface area contributed by atoms with Gasteiger partial charge in [-0.15, -0.1) is 0 Å². The number of rotatable bonds is 1. The molecule has 5 atom stereocenters. The number of nitrogens with two attached hydrogens (primary N) is 1. The quantitative estimate of drug-likeness (QED) is 0.703. The normalized spacial score (nSPS) is 58.2. The third kappa shape index (κ3) is 1.18. The van der Waals surface area contributed by atoms with Crippen molar-refractivity contribution in [2.75, 3.05) is 13.1 Å². The van der Waals surface area contributed by atoms with Crippen molar-refractivity contribution in [1.29, 1.82) is 0 Å². The van der Waals surface area contributed by atoms with Gasteiger partial charge in [0.2, 0.25) is 0 Å². The zero-order valence-electron chi connectivity index (χ0n) is 9.44. The highest BCUT2D eigenvalue weighted by molar-refractivity contribution is 5.17. The summed E-state index contributed by atoms with van der Waals surface area (Å²) in [6, 6.07) is 1.44. The Morgan fingerprint density at radius 1 is 1.00 bits per heavy atom. The van der Waals surface area contributed by atoms with E-state index >= 15 is 0 Å². The van der Waals surface area contributed by atoms with E-state index in [0.29, 0.717) is 6.04 Å². The summed E-state index contributed by atoms with van der Waals surface area (Å²) in [5.41, 5.74) is 6.08. The van der Waals surface area contributed by atoms with Crippen molar-refractivity contribution in [3.63, 3.8) is 0 Å². The molecule has 0 aromatic rings. The van der Waals surface area contributed by atoms with Gasteiger partial charge in [0.05, 0.1) is 0 Å². The van der Waals surface area contributed by atoms with Gasteiger partial charge in [-0.25, -0.2) is 0 Å². The first kappa shape index (κ1) is 9.00. The molecule has 3 aliphatic carbocycles. The van der Waals surface area contributed by atoms with E-state index in [-0.39, 0.29) is 0 Å². The van der Waals surface area contributed by atoms with Gasteiger partial charge in [0.15, 0.2) is 0 Å². The number of likely N-dealkylation sites (tertiary alicyclic amines) is 1. The molecule has 0 radical (unpaired) electrons. The van der Waals surface area contributed by atoms with Crippen LogP contribution in [0, 0.1) is 23.7 Å². The maximum Gasteiger partial charge on any atom is 0.0168 e. The molecule has 0 spiro atoms. The van der Waals surface area contributed by atoms with Crippen molar-refractivity contribution in [2.24, 2.45) is 29.4 Å². The Morgan fingerprint density at radius 2 is 1.73 bits per heavy atom. The van der Waals surface area contributed by atoms with E-state index in [1.54, 1.807) is 19.3 Å². The maximum absolute atomic E-state index is 6.08. The van der Waals surface area contributed by atoms with Crippen LogP contribution in [0.5, 0.6) is 0 Å². The number of fused-ring (bicyclic) bond motifs is 5. The van der Waals surface area contributed by atoms with Crippen molar-refractivity contribution in [2.45, 2.75) is 44.2 Å². The number of hydrogen-bond acceptors (Lipinski definition) is 2. The summed E-state index contributed by atoms with van der Waals surface area (Å²) in [6.45, 7) is 2.53. The van der Waals surface area contributed by atoms with Crippen molar-refractivity contribution in [1.82, 2.24) is 4.90 Å². The van der Waals surface area contributed by atoms with Gasteiger partial charge in [-0.1, -0.05) is 0 Å². The SMILES string of the molecule is NC1CCCN(C2C3C4CCC(C4)C32)C1. The Bertz CT molecular complexity index is 262. The van der Waals surface area contributed by atoms with Crippen molar-refractivity contribution in [3.8, 4) is 0 Å². The van der Waals surface area contributed by atoms with Gasteiger partial charge in [0.25, 0.3) is 0 Å². The van der Waals surface area contributed by atoms with E-state index < -0.39 is 0 Å². The van der Waals surface area contributed by atoms with Crippen LogP contribution in [0.15, 0.2) is 0 Å². The molecule has 15 heavy (non-hydrogen) atoms. The first-order valence-corrected chi connectivity index (χ1v) is 6.84. The summed E-state index contributed by atoms with van der Waals surface area (Å²) in [5.74, 6) is 4.44. The summed E-state index contributed by atoms with van der Waals surface area (Å²) >= 11 is 0. The summed E-state index contributed by atoms with van der Waals surface area (Å²) in [6.07, 6.45) is 7.26. The monoisotopic (exact) mass is 206 g/mol. The van der Waals surface area contributed by atoms with Gasteiger partial charge in [-0.05, 0) is 62.3 Å². The first-order valence-electron chi connectivity index (χ1n) is 6.84. The fourth-order valence-electron chi connectivity index (χ4n) is 5.08. The van der Waals surface area contributed by atoms with E-state index in [9.17, 15) is 0 Å². The molecule has 2 heteroatoms. The van der Waals surface area contributed by atoms with Gasteiger partial charge >= 0.3 is 0 Å². The summed E-state index contributed by atoms with van der Waals surface area (Å²) in [5, 5.41) is 0. The lowest BCUT2D eigenvalue weighted by atomic mass is 10.0. The van der Waals surface area contributed by atoms with Crippen LogP contribution in [0.25, 0.3) is 0 Å². The van der Waals surface area contributed by atoms with Crippen molar-refractivity contribution in [3.05, 3.63) is 0 Å². The molecular formula is C13H22N2. The molecule has 1 aliphatic heterocycles. The zero-order chi connectivity index (χ0) is 9.99. The predicted octanol–water partition coefficient (Wildman–Crippen LogP) is 1.45. The summed E-state index contributed by atoms with van der Waals surface area (Å²) < 4.78 is 0. The Kier molecular flexibility index (Phi) is 1.79. The summed E-state index contributed by atoms with van der Waals surface area (Å²) in [4.78, 5) is 2.74. The zero-order valence-corrected chi connectivity index (χ0v) is 9.44. The molecule has 84 valence electrons. The molecular weight excluding hydrogens is 184 g/mol. The second kappa shape index (κ2) is 2.98. The van der Waals surface area contributed by atoms with Crippen LogP contribution >= 0.6 is 0 Å². The summed E-state index contributed by atoms with van der Waals surface area (Å²) in [7, 11) is 0. The average Bonchev–Trinajstić information content (AvgIpc) is 2.68. The molecule has 4 aliphatic rings. The molecule has 5 unspecified atom stereocenters. The highest BCUT2D eigenvalue weighted by Gasteiger charge is 2.66. The van der Waals surface area contributed by atoms with Crippen LogP contribution in [-0.4, -0.2) is 30.1 Å². The molecule has 4 rings (SSSR count). The highest BCUT2D eigenvalue weighted by Crippen LogP contribution is 2.67. The van der Waals surface area contributed by atoms with E-state index in [0.717, 1.165) is 29.7 Å². The molecule has 1 saturated heterocycles. The van der Waals surface area contributed by atoms with E-state index in [1.165, 1.54) is 25.9 Å². The lowest BCUT2D eigenvalue weighted by Crippen LogP contribution is -2.45. The van der Waals surface area contributed by atoms with E-state index in [1.807, 2.05) is 0 Å². The maximum atomic E-state index is 6.08. The molecule has 0 aromatic carbocycles. The first-order chi connectivity index (χ1) is 7.34. The fraction of sp³-hybridized carbons (Fsp3) is 1.00. The van der Waals surface area contributed by atoms with Gasteiger partial charge in [0, 0.05) is 18.6 Å². The van der Waals surface area contributed by atoms with Crippen molar-refractivity contribution >= 4 is 0 Å². The largest absolute Gasteiger partial charge is 0.327 e. The number of piperidine rings is 1. The Morgan fingerprint density at radius 3 is 2.40 bits per heavy atom. The van der Waals surface area contributed by atoms with E-state index in [4.69, 9.17) is 5.73 Å². The molecule has 2 N–H and O–H groups in total. The van der Waals surface area contributed by atoms with E-state index in [2.05, 4.69) is 4.90 Å². The van der Waals surface area contributed by atoms with Gasteiger partial charge in [0.1, 0.15) is 0 Å². The highest BCUT2D eigenvalue weighted by atomic mass is 15.2. The van der Waals surface area contributed by atoms with Crippen LogP contribution in [0.2, 0.25) is 0 Å². The average molecular weight is 206 g/mol. The Hall–Kier alpha value is -0.0800. The molecule has 4 fully saturated rings. The molecule has 2 bridgehead atoms. The lowest BCUT2D eigenvalue weighted by molar-refractivity contribution is 0.170. The minimum absolute atomic E-state index is 0.470. The van der Waals surface area contributed by atoms with Crippen LogP contribution in [-0.2, 0) is 0 Å². The molecule has 1 heterocycles.